The van der Waals surface area contributed by atoms with Gasteiger partial charge in [0.05, 0.1) is 10.4 Å². The van der Waals surface area contributed by atoms with Crippen molar-refractivity contribution in [1.82, 2.24) is 4.31 Å². The Morgan fingerprint density at radius 3 is 2.48 bits per heavy atom. The van der Waals surface area contributed by atoms with E-state index in [1.807, 2.05) is 29.6 Å². The van der Waals surface area contributed by atoms with Gasteiger partial charge in [-0.25, -0.2) is 12.7 Å². The van der Waals surface area contributed by atoms with E-state index in [-0.39, 0.29) is 16.2 Å². The van der Waals surface area contributed by atoms with E-state index in [0.29, 0.717) is 23.8 Å². The molecule has 2 bridgehead atoms. The van der Waals surface area contributed by atoms with Crippen LogP contribution in [0.1, 0.15) is 130 Å². The van der Waals surface area contributed by atoms with Crippen LogP contribution in [0, 0.1) is 11.8 Å². The number of thiophene rings is 3. The van der Waals surface area contributed by atoms with Crippen LogP contribution >= 0.6 is 34.0 Å². The maximum Gasteiger partial charge on any atom is 0.270 e. The molecule has 0 aromatic carbocycles. The van der Waals surface area contributed by atoms with Gasteiger partial charge in [0.1, 0.15) is 4.90 Å². The monoisotopic (exact) mass is 643 g/mol. The fraction of sp³-hybridized carbons (Fsp3) is 0.618. The maximum absolute atomic E-state index is 13.4. The van der Waals surface area contributed by atoms with Crippen molar-refractivity contribution in [2.24, 2.45) is 11.8 Å². The van der Waals surface area contributed by atoms with Crippen molar-refractivity contribution in [1.29, 1.82) is 0 Å². The van der Waals surface area contributed by atoms with Crippen LogP contribution in [0.3, 0.4) is 0 Å². The molecule has 3 aliphatic rings. The third-order valence-corrected chi connectivity index (χ3v) is 16.3. The molecule has 228 valence electrons. The Hall–Kier alpha value is -1.48. The number of aryl methyl sites for hydroxylation is 2. The lowest BCUT2D eigenvalue weighted by atomic mass is 9.65. The molecule has 0 saturated heterocycles. The standard InChI is InChI=1S/C34H45NO3S4/c1-6-10-14-21(7-2)19-34-20-22(8-3)15-12-11-13-16-23-17-24(34)29(39-23)30-25(34)18-27(41-30)31-28-32(26(9-4)40-31)42(37,38)35(5)33(28)36/h17-18,21-22H,6-16,19-20H2,1-5H3. The van der Waals surface area contributed by atoms with E-state index >= 15 is 0 Å². The first-order chi connectivity index (χ1) is 20.2. The Balaban J connectivity index is 1.56. The van der Waals surface area contributed by atoms with Crippen LogP contribution < -0.4 is 0 Å². The molecule has 3 aromatic heterocycles. The molecule has 42 heavy (non-hydrogen) atoms. The van der Waals surface area contributed by atoms with Gasteiger partial charge in [0.15, 0.2) is 0 Å². The predicted molar refractivity (Wildman–Crippen MR) is 179 cm³/mol. The van der Waals surface area contributed by atoms with Crippen molar-refractivity contribution in [3.63, 3.8) is 0 Å². The summed E-state index contributed by atoms with van der Waals surface area (Å²) in [5.41, 5.74) is 3.45. The van der Waals surface area contributed by atoms with Crippen molar-refractivity contribution in [3.8, 4) is 19.5 Å². The van der Waals surface area contributed by atoms with E-state index in [1.165, 1.54) is 116 Å². The van der Waals surface area contributed by atoms with Crippen LogP contribution in [0.15, 0.2) is 17.0 Å². The van der Waals surface area contributed by atoms with Gasteiger partial charge >= 0.3 is 0 Å². The molecule has 8 heteroatoms. The van der Waals surface area contributed by atoms with Gasteiger partial charge in [0.2, 0.25) is 0 Å². The number of rotatable bonds is 9. The number of carbonyl (C=O) groups excluding carboxylic acids is 1. The summed E-state index contributed by atoms with van der Waals surface area (Å²) in [6.07, 6.45) is 15.6. The van der Waals surface area contributed by atoms with Crippen molar-refractivity contribution < 1.29 is 13.2 Å². The van der Waals surface area contributed by atoms with E-state index in [9.17, 15) is 13.2 Å². The molecule has 0 N–H and O–H groups in total. The van der Waals surface area contributed by atoms with Crippen LogP contribution in [-0.4, -0.2) is 25.7 Å². The quantitative estimate of drug-likeness (QED) is 0.233. The highest BCUT2D eigenvalue weighted by Gasteiger charge is 2.49. The summed E-state index contributed by atoms with van der Waals surface area (Å²) >= 11 is 5.34. The molecule has 2 aliphatic carbocycles. The van der Waals surface area contributed by atoms with E-state index in [4.69, 9.17) is 0 Å². The number of fused-ring (bicyclic) bond motifs is 5. The normalized spacial score (nSPS) is 23.6. The van der Waals surface area contributed by atoms with Gasteiger partial charge in [0, 0.05) is 36.8 Å². The molecule has 1 amide bonds. The van der Waals surface area contributed by atoms with Crippen LogP contribution in [0.25, 0.3) is 19.5 Å². The second kappa shape index (κ2) is 11.8. The Bertz CT molecular complexity index is 1590. The highest BCUT2D eigenvalue weighted by molar-refractivity contribution is 7.90. The Morgan fingerprint density at radius 2 is 1.76 bits per heavy atom. The summed E-state index contributed by atoms with van der Waals surface area (Å²) in [5, 5.41) is 0. The summed E-state index contributed by atoms with van der Waals surface area (Å²) in [7, 11) is -2.37. The molecule has 1 aliphatic heterocycles. The van der Waals surface area contributed by atoms with E-state index in [2.05, 4.69) is 32.9 Å². The molecule has 4 nitrogen and oxygen atoms in total. The molecule has 3 atom stereocenters. The minimum absolute atomic E-state index is 0.00546. The van der Waals surface area contributed by atoms with Gasteiger partial charge in [0.25, 0.3) is 15.9 Å². The van der Waals surface area contributed by atoms with E-state index in [0.717, 1.165) is 18.9 Å². The van der Waals surface area contributed by atoms with Gasteiger partial charge in [-0.3, -0.25) is 4.79 Å². The van der Waals surface area contributed by atoms with Gasteiger partial charge in [-0.2, -0.15) is 0 Å². The first-order valence-corrected chi connectivity index (χ1v) is 20.1. The third-order valence-electron chi connectivity index (χ3n) is 10.3. The highest BCUT2D eigenvalue weighted by Crippen LogP contribution is 2.63. The second-order valence-corrected chi connectivity index (χ2v) is 18.0. The number of sulfonamides is 1. The largest absolute Gasteiger partial charge is 0.270 e. The summed E-state index contributed by atoms with van der Waals surface area (Å²) in [5.74, 6) is 0.986. The fourth-order valence-corrected chi connectivity index (χ4v) is 13.7. The molecule has 0 radical (unpaired) electrons. The van der Waals surface area contributed by atoms with Crippen molar-refractivity contribution in [2.75, 3.05) is 7.05 Å². The minimum atomic E-state index is -3.78. The van der Waals surface area contributed by atoms with E-state index < -0.39 is 10.0 Å². The van der Waals surface area contributed by atoms with Crippen molar-refractivity contribution in [3.05, 3.63) is 38.6 Å². The van der Waals surface area contributed by atoms with Crippen LogP contribution in [0.4, 0.5) is 0 Å². The number of hydrogen-bond acceptors (Lipinski definition) is 6. The lowest BCUT2D eigenvalue weighted by Crippen LogP contribution is -2.31. The Kier molecular flexibility index (Phi) is 8.57. The third kappa shape index (κ3) is 4.78. The average Bonchev–Trinajstić information content (AvgIpc) is 3.76. The second-order valence-electron chi connectivity index (χ2n) is 12.8. The zero-order chi connectivity index (χ0) is 29.8. The van der Waals surface area contributed by atoms with Crippen LogP contribution in [0.5, 0.6) is 0 Å². The molecular weight excluding hydrogens is 599 g/mol. The highest BCUT2D eigenvalue weighted by atomic mass is 32.2. The predicted octanol–water partition coefficient (Wildman–Crippen LogP) is 10.3. The smallest absolute Gasteiger partial charge is 0.268 e. The van der Waals surface area contributed by atoms with Gasteiger partial charge < -0.3 is 0 Å². The SMILES string of the molecule is CCCCC(CC)CC12CC(CC)CCCCCc3cc1c(s3)-c1sc(-c3sc(CC)c4c3C(=O)N(C)S4(=O)=O)cc12. The van der Waals surface area contributed by atoms with Gasteiger partial charge in [-0.15, -0.1) is 34.0 Å². The fourth-order valence-electron chi connectivity index (χ4n) is 7.81. The molecule has 3 unspecified atom stereocenters. The lowest BCUT2D eigenvalue weighted by molar-refractivity contribution is 0.0892. The molecule has 0 fully saturated rings. The lowest BCUT2D eigenvalue weighted by Gasteiger charge is -2.37. The number of nitrogens with zero attached hydrogens (tertiary/aromatic N) is 1. The first kappa shape index (κ1) is 30.5. The number of hydrogen-bond donors (Lipinski definition) is 0. The van der Waals surface area contributed by atoms with E-state index in [1.54, 1.807) is 5.56 Å². The molecule has 4 heterocycles. The van der Waals surface area contributed by atoms with Gasteiger partial charge in [-0.1, -0.05) is 79.1 Å². The topological polar surface area (TPSA) is 54.5 Å². The van der Waals surface area contributed by atoms with Crippen molar-refractivity contribution in [2.45, 2.75) is 121 Å². The minimum Gasteiger partial charge on any atom is -0.268 e. The molecule has 0 spiro atoms. The summed E-state index contributed by atoms with van der Waals surface area (Å²) in [6, 6.07) is 4.98. The summed E-state index contributed by atoms with van der Waals surface area (Å²) < 4.78 is 27.4. The van der Waals surface area contributed by atoms with Gasteiger partial charge in [-0.05, 0) is 67.2 Å². The van der Waals surface area contributed by atoms with Crippen LogP contribution in [-0.2, 0) is 28.3 Å². The first-order valence-electron chi connectivity index (χ1n) is 16.2. The van der Waals surface area contributed by atoms with Crippen molar-refractivity contribution >= 4 is 49.9 Å². The Labute approximate surface area is 264 Å². The molecule has 0 saturated carbocycles. The Morgan fingerprint density at radius 1 is 1.00 bits per heavy atom. The zero-order valence-electron chi connectivity index (χ0n) is 25.8. The number of unbranched alkanes of at least 4 members (excludes halogenated alkanes) is 1. The molecule has 6 rings (SSSR count). The summed E-state index contributed by atoms with van der Waals surface area (Å²) in [4.78, 5) is 20.7. The molecule has 3 aromatic rings. The number of carbonyl (C=O) groups is 1. The average molecular weight is 644 g/mol. The summed E-state index contributed by atoms with van der Waals surface area (Å²) in [6.45, 7) is 9.04. The molecular formula is C34H45NO3S4. The zero-order valence-corrected chi connectivity index (χ0v) is 29.1. The maximum atomic E-state index is 13.4. The van der Waals surface area contributed by atoms with Crippen LogP contribution in [0.2, 0.25) is 0 Å². The number of amides is 1.